The number of nitrogens with zero attached hydrogens (tertiary/aromatic N) is 3. The maximum absolute atomic E-state index is 12.4. The highest BCUT2D eigenvalue weighted by molar-refractivity contribution is 7.07. The van der Waals surface area contributed by atoms with Gasteiger partial charge in [0.15, 0.2) is 0 Å². The van der Waals surface area contributed by atoms with Gasteiger partial charge in [-0.25, -0.2) is 4.98 Å². The first-order chi connectivity index (χ1) is 11.6. The molecule has 0 aliphatic carbocycles. The quantitative estimate of drug-likeness (QED) is 0.877. The third-order valence-electron chi connectivity index (χ3n) is 4.29. The Bertz CT molecular complexity index is 690. The summed E-state index contributed by atoms with van der Waals surface area (Å²) in [5, 5.41) is 1.73. The number of aromatic nitrogens is 1. The molecule has 2 amide bonds. The van der Waals surface area contributed by atoms with Crippen molar-refractivity contribution in [3.05, 3.63) is 52.5 Å². The van der Waals surface area contributed by atoms with Gasteiger partial charge in [0.2, 0.25) is 5.91 Å². The van der Waals surface area contributed by atoms with Gasteiger partial charge in [-0.1, -0.05) is 30.3 Å². The lowest BCUT2D eigenvalue weighted by molar-refractivity contribution is -0.125. The molecule has 1 aliphatic heterocycles. The molecule has 1 atom stereocenters. The van der Waals surface area contributed by atoms with Crippen LogP contribution in [0.4, 0.5) is 0 Å². The van der Waals surface area contributed by atoms with Crippen molar-refractivity contribution in [1.82, 2.24) is 14.8 Å². The van der Waals surface area contributed by atoms with Crippen LogP contribution in [-0.4, -0.2) is 58.8 Å². The van der Waals surface area contributed by atoms with Gasteiger partial charge in [-0.15, -0.1) is 11.3 Å². The Kier molecular flexibility index (Phi) is 5.22. The molecular weight excluding hydrogens is 324 g/mol. The number of nitrogens with two attached hydrogens (primary N) is 1. The first-order valence-electron chi connectivity index (χ1n) is 7.90. The summed E-state index contributed by atoms with van der Waals surface area (Å²) in [5.41, 5.74) is 8.86. The second-order valence-electron chi connectivity index (χ2n) is 5.81. The minimum absolute atomic E-state index is 0.134. The molecule has 2 heterocycles. The van der Waals surface area contributed by atoms with E-state index in [0.29, 0.717) is 25.3 Å². The molecule has 1 saturated heterocycles. The van der Waals surface area contributed by atoms with Crippen molar-refractivity contribution in [2.24, 2.45) is 5.73 Å². The topological polar surface area (TPSA) is 79.5 Å². The van der Waals surface area contributed by atoms with E-state index in [-0.39, 0.29) is 11.8 Å². The largest absolute Gasteiger partial charge is 0.368 e. The first kappa shape index (κ1) is 16.6. The van der Waals surface area contributed by atoms with Crippen LogP contribution >= 0.6 is 11.3 Å². The predicted molar refractivity (Wildman–Crippen MR) is 92.7 cm³/mol. The van der Waals surface area contributed by atoms with Crippen molar-refractivity contribution in [3.63, 3.8) is 0 Å². The van der Waals surface area contributed by atoms with Gasteiger partial charge in [0, 0.05) is 31.6 Å². The molecule has 126 valence electrons. The molecule has 3 rings (SSSR count). The Hall–Kier alpha value is -2.25. The number of carbonyl (C=O) groups is 2. The highest BCUT2D eigenvalue weighted by atomic mass is 32.1. The summed E-state index contributed by atoms with van der Waals surface area (Å²) in [6.07, 6.45) is 0.852. The van der Waals surface area contributed by atoms with Crippen molar-refractivity contribution >= 4 is 23.2 Å². The zero-order valence-electron chi connectivity index (χ0n) is 13.3. The van der Waals surface area contributed by atoms with E-state index >= 15 is 0 Å². The van der Waals surface area contributed by atoms with Gasteiger partial charge >= 0.3 is 0 Å². The number of primary amides is 1. The lowest BCUT2D eigenvalue weighted by atomic mass is 10.1. The molecule has 6 nitrogen and oxygen atoms in total. The molecule has 1 aromatic carbocycles. The molecule has 0 bridgehead atoms. The molecule has 7 heteroatoms. The molecule has 0 saturated carbocycles. The van der Waals surface area contributed by atoms with E-state index in [9.17, 15) is 9.59 Å². The van der Waals surface area contributed by atoms with Crippen LogP contribution in [0.3, 0.4) is 0 Å². The summed E-state index contributed by atoms with van der Waals surface area (Å²) in [6.45, 7) is 2.28. The molecule has 2 N–H and O–H groups in total. The number of thiazole rings is 1. The van der Waals surface area contributed by atoms with Gasteiger partial charge in [-0.2, -0.15) is 0 Å². The standard InChI is InChI=1S/C17H20N4O2S/c18-16(22)15-10-21(17(23)14-11-24-12-19-14)9-8-20(15)7-6-13-4-2-1-3-5-13/h1-5,11-12,15H,6-10H2,(H2,18,22)/t15-/m1/s1. The summed E-state index contributed by atoms with van der Waals surface area (Å²) >= 11 is 1.38. The van der Waals surface area contributed by atoms with Crippen LogP contribution < -0.4 is 5.73 Å². The van der Waals surface area contributed by atoms with Crippen molar-refractivity contribution in [2.75, 3.05) is 26.2 Å². The minimum Gasteiger partial charge on any atom is -0.368 e. The first-order valence-corrected chi connectivity index (χ1v) is 8.84. The number of hydrogen-bond donors (Lipinski definition) is 1. The van der Waals surface area contributed by atoms with E-state index in [1.807, 2.05) is 18.2 Å². The summed E-state index contributed by atoms with van der Waals surface area (Å²) in [7, 11) is 0. The average molecular weight is 344 g/mol. The SMILES string of the molecule is NC(=O)[C@H]1CN(C(=O)c2cscn2)CCN1CCc1ccccc1. The lowest BCUT2D eigenvalue weighted by Gasteiger charge is -2.39. The third kappa shape index (κ3) is 3.80. The van der Waals surface area contributed by atoms with Gasteiger partial charge in [0.05, 0.1) is 5.51 Å². The highest BCUT2D eigenvalue weighted by Gasteiger charge is 2.33. The number of benzene rings is 1. The maximum Gasteiger partial charge on any atom is 0.273 e. The van der Waals surface area contributed by atoms with E-state index in [1.54, 1.807) is 15.8 Å². The molecule has 2 aromatic rings. The zero-order chi connectivity index (χ0) is 16.9. The van der Waals surface area contributed by atoms with Crippen LogP contribution in [0.1, 0.15) is 16.1 Å². The minimum atomic E-state index is -0.454. The molecule has 0 radical (unpaired) electrons. The second-order valence-corrected chi connectivity index (χ2v) is 6.53. The van der Waals surface area contributed by atoms with Gasteiger partial charge in [0.25, 0.3) is 5.91 Å². The number of piperazine rings is 1. The summed E-state index contributed by atoms with van der Waals surface area (Å²) in [4.78, 5) is 32.1. The predicted octanol–water partition coefficient (Wildman–Crippen LogP) is 0.997. The second kappa shape index (κ2) is 7.55. The van der Waals surface area contributed by atoms with E-state index in [1.165, 1.54) is 16.9 Å². The fraction of sp³-hybridized carbons (Fsp3) is 0.353. The number of amides is 2. The normalized spacial score (nSPS) is 18.5. The summed E-state index contributed by atoms with van der Waals surface area (Å²) in [5.74, 6) is -0.524. The number of hydrogen-bond acceptors (Lipinski definition) is 5. The van der Waals surface area contributed by atoms with Gasteiger partial charge in [0.1, 0.15) is 11.7 Å². The Morgan fingerprint density at radius 3 is 2.71 bits per heavy atom. The maximum atomic E-state index is 12.4. The van der Waals surface area contributed by atoms with E-state index in [4.69, 9.17) is 5.73 Å². The van der Waals surface area contributed by atoms with Crippen molar-refractivity contribution in [3.8, 4) is 0 Å². The Balaban J connectivity index is 1.63. The number of carbonyl (C=O) groups excluding carboxylic acids is 2. The molecule has 0 spiro atoms. The van der Waals surface area contributed by atoms with Gasteiger partial charge < -0.3 is 10.6 Å². The molecule has 1 aromatic heterocycles. The Morgan fingerprint density at radius 2 is 2.04 bits per heavy atom. The Morgan fingerprint density at radius 1 is 1.25 bits per heavy atom. The van der Waals surface area contributed by atoms with Crippen LogP contribution in [0.2, 0.25) is 0 Å². The van der Waals surface area contributed by atoms with Crippen LogP contribution in [0.15, 0.2) is 41.2 Å². The molecule has 1 fully saturated rings. The summed E-state index contributed by atoms with van der Waals surface area (Å²) in [6, 6.07) is 9.68. The average Bonchev–Trinajstić information content (AvgIpc) is 3.14. The van der Waals surface area contributed by atoms with Crippen molar-refractivity contribution < 1.29 is 9.59 Å². The van der Waals surface area contributed by atoms with Gasteiger partial charge in [-0.05, 0) is 12.0 Å². The van der Waals surface area contributed by atoms with Crippen LogP contribution in [0, 0.1) is 0 Å². The van der Waals surface area contributed by atoms with E-state index < -0.39 is 6.04 Å². The monoisotopic (exact) mass is 344 g/mol. The van der Waals surface area contributed by atoms with E-state index in [2.05, 4.69) is 22.0 Å². The Labute approximate surface area is 144 Å². The fourth-order valence-electron chi connectivity index (χ4n) is 2.94. The molecular formula is C17H20N4O2S. The highest BCUT2D eigenvalue weighted by Crippen LogP contribution is 2.14. The van der Waals surface area contributed by atoms with Crippen LogP contribution in [0.25, 0.3) is 0 Å². The lowest BCUT2D eigenvalue weighted by Crippen LogP contribution is -2.59. The molecule has 1 aliphatic rings. The van der Waals surface area contributed by atoms with Crippen LogP contribution in [0.5, 0.6) is 0 Å². The van der Waals surface area contributed by atoms with Crippen molar-refractivity contribution in [1.29, 1.82) is 0 Å². The fourth-order valence-corrected chi connectivity index (χ4v) is 3.47. The van der Waals surface area contributed by atoms with Crippen molar-refractivity contribution in [2.45, 2.75) is 12.5 Å². The smallest absolute Gasteiger partial charge is 0.273 e. The summed E-state index contributed by atoms with van der Waals surface area (Å²) < 4.78 is 0. The molecule has 0 unspecified atom stereocenters. The zero-order valence-corrected chi connectivity index (χ0v) is 14.1. The van der Waals surface area contributed by atoms with Crippen LogP contribution in [-0.2, 0) is 11.2 Å². The van der Waals surface area contributed by atoms with E-state index in [0.717, 1.165) is 13.0 Å². The number of rotatable bonds is 5. The molecule has 24 heavy (non-hydrogen) atoms. The third-order valence-corrected chi connectivity index (χ3v) is 4.88. The van der Waals surface area contributed by atoms with Gasteiger partial charge in [-0.3, -0.25) is 14.5 Å².